The van der Waals surface area contributed by atoms with Gasteiger partial charge in [-0.1, -0.05) is 0 Å². The molecule has 0 aromatic rings. The first-order chi connectivity index (χ1) is 5.66. The predicted octanol–water partition coefficient (Wildman–Crippen LogP) is -0.711. The summed E-state index contributed by atoms with van der Waals surface area (Å²) in [6.45, 7) is 0. The van der Waals surface area contributed by atoms with Gasteiger partial charge in [-0.15, -0.1) is 0 Å². The van der Waals surface area contributed by atoms with E-state index in [-0.39, 0.29) is 0 Å². The van der Waals surface area contributed by atoms with Gasteiger partial charge in [0.05, 0.1) is 12.3 Å². The number of allylic oxidation sites excluding steroid dienone is 2. The Morgan fingerprint density at radius 2 is 2.25 bits per heavy atom. The number of ketones is 1. The molecule has 0 unspecified atom stereocenters. The molecule has 6 heteroatoms. The molecule has 0 aliphatic carbocycles. The molecule has 0 rings (SSSR count). The maximum atomic E-state index is 10.6. The van der Waals surface area contributed by atoms with Crippen LogP contribution in [0.4, 0.5) is 4.79 Å². The van der Waals surface area contributed by atoms with Crippen LogP contribution in [-0.4, -0.2) is 18.0 Å². The van der Waals surface area contributed by atoms with E-state index in [2.05, 4.69) is 10.8 Å². The molecule has 0 saturated heterocycles. The fourth-order valence-electron chi connectivity index (χ4n) is 0.322. The highest BCUT2D eigenvalue weighted by Crippen LogP contribution is 1.71. The van der Waals surface area contributed by atoms with Gasteiger partial charge in [0.2, 0.25) is 0 Å². The Kier molecular flexibility index (Phi) is 4.60. The summed E-state index contributed by atoms with van der Waals surface area (Å²) in [4.78, 5) is 20.6. The average molecular weight is 166 g/mol. The van der Waals surface area contributed by atoms with Gasteiger partial charge in [-0.2, -0.15) is 10.4 Å². The molecule has 62 valence electrons. The van der Waals surface area contributed by atoms with Crippen LogP contribution in [0, 0.1) is 11.3 Å². The van der Waals surface area contributed by atoms with Gasteiger partial charge in [0, 0.05) is 6.08 Å². The highest BCUT2D eigenvalue weighted by Gasteiger charge is 1.89. The molecular weight excluding hydrogens is 160 g/mol. The van der Waals surface area contributed by atoms with E-state index < -0.39 is 11.8 Å². The number of carbonyl (C=O) groups excluding carboxylic acids is 2. The van der Waals surface area contributed by atoms with Crippen molar-refractivity contribution in [2.45, 2.75) is 0 Å². The summed E-state index contributed by atoms with van der Waals surface area (Å²) < 4.78 is 0. The van der Waals surface area contributed by atoms with Gasteiger partial charge in [-0.05, 0) is 6.08 Å². The lowest BCUT2D eigenvalue weighted by molar-refractivity contribution is -0.108. The summed E-state index contributed by atoms with van der Waals surface area (Å²) in [7, 11) is 0. The van der Waals surface area contributed by atoms with Crippen LogP contribution >= 0.6 is 0 Å². The molecule has 2 amide bonds. The Morgan fingerprint density at radius 1 is 1.58 bits per heavy atom. The van der Waals surface area contributed by atoms with E-state index in [0.717, 1.165) is 18.4 Å². The molecule has 0 aromatic heterocycles. The average Bonchev–Trinajstić information content (AvgIpc) is 2.00. The van der Waals surface area contributed by atoms with E-state index >= 15 is 0 Å². The van der Waals surface area contributed by atoms with Gasteiger partial charge in [0.25, 0.3) is 0 Å². The molecule has 0 aromatic carbocycles. The van der Waals surface area contributed by atoms with Crippen LogP contribution in [0.2, 0.25) is 0 Å². The third-order valence-electron chi connectivity index (χ3n) is 0.689. The highest BCUT2D eigenvalue weighted by molar-refractivity contribution is 6.32. The SMILES string of the molecule is N#CC=CC(=O)/C=N/NC(N)=O. The number of rotatable bonds is 3. The van der Waals surface area contributed by atoms with E-state index in [1.54, 1.807) is 6.07 Å². The molecule has 0 saturated carbocycles. The first-order valence-corrected chi connectivity index (χ1v) is 2.85. The molecule has 0 heterocycles. The van der Waals surface area contributed by atoms with Gasteiger partial charge < -0.3 is 5.73 Å². The van der Waals surface area contributed by atoms with Gasteiger partial charge in [0.15, 0.2) is 5.78 Å². The van der Waals surface area contributed by atoms with Gasteiger partial charge in [-0.25, -0.2) is 10.2 Å². The van der Waals surface area contributed by atoms with Crippen LogP contribution in [-0.2, 0) is 4.79 Å². The fourth-order valence-corrected chi connectivity index (χ4v) is 0.322. The van der Waals surface area contributed by atoms with Crippen LogP contribution in [0.3, 0.4) is 0 Å². The molecule has 0 atom stereocenters. The second-order valence-electron chi connectivity index (χ2n) is 1.60. The maximum absolute atomic E-state index is 10.6. The standard InChI is InChI=1S/C6H6N4O2/c7-3-1-2-5(11)4-9-10-6(8)12/h1-2,4H,(H3,8,10,12)/b2-1?,9-4+. The van der Waals surface area contributed by atoms with Crippen molar-refractivity contribution < 1.29 is 9.59 Å². The summed E-state index contributed by atoms with van der Waals surface area (Å²) in [6.07, 6.45) is 2.84. The zero-order valence-corrected chi connectivity index (χ0v) is 6.02. The molecule has 0 radical (unpaired) electrons. The number of hydrogen-bond donors (Lipinski definition) is 2. The molecule has 0 aliphatic rings. The second kappa shape index (κ2) is 5.61. The quantitative estimate of drug-likeness (QED) is 0.250. The number of amides is 2. The van der Waals surface area contributed by atoms with Crippen molar-refractivity contribution >= 4 is 18.0 Å². The number of nitrogens with one attached hydrogen (secondary N) is 1. The molecule has 6 nitrogen and oxygen atoms in total. The molecule has 0 aliphatic heterocycles. The molecule has 3 N–H and O–H groups in total. The number of nitrogens with zero attached hydrogens (tertiary/aromatic N) is 2. The molecule has 12 heavy (non-hydrogen) atoms. The zero-order chi connectivity index (χ0) is 9.40. The van der Waals surface area contributed by atoms with Crippen LogP contribution in [0.1, 0.15) is 0 Å². The highest BCUT2D eigenvalue weighted by atomic mass is 16.2. The van der Waals surface area contributed by atoms with Crippen molar-refractivity contribution in [1.82, 2.24) is 5.43 Å². The number of urea groups is 1. The lowest BCUT2D eigenvalue weighted by atomic mass is 10.4. The minimum atomic E-state index is -0.858. The van der Waals surface area contributed by atoms with Crippen molar-refractivity contribution in [1.29, 1.82) is 5.26 Å². The van der Waals surface area contributed by atoms with Crippen molar-refractivity contribution in [2.24, 2.45) is 10.8 Å². The van der Waals surface area contributed by atoms with Gasteiger partial charge in [-0.3, -0.25) is 4.79 Å². The first-order valence-electron chi connectivity index (χ1n) is 2.85. The van der Waals surface area contributed by atoms with E-state index in [1.165, 1.54) is 0 Å². The summed E-state index contributed by atoms with van der Waals surface area (Å²) in [6, 6.07) is 0.765. The van der Waals surface area contributed by atoms with Crippen molar-refractivity contribution in [3.63, 3.8) is 0 Å². The number of nitriles is 1. The van der Waals surface area contributed by atoms with E-state index in [0.29, 0.717) is 0 Å². The monoisotopic (exact) mass is 166 g/mol. The van der Waals surface area contributed by atoms with Crippen molar-refractivity contribution in [3.8, 4) is 6.07 Å². The van der Waals surface area contributed by atoms with Crippen molar-refractivity contribution in [3.05, 3.63) is 12.2 Å². The van der Waals surface area contributed by atoms with Crippen LogP contribution in [0.25, 0.3) is 0 Å². The first kappa shape index (κ1) is 9.84. The number of nitrogens with two attached hydrogens (primary N) is 1. The van der Waals surface area contributed by atoms with Crippen LogP contribution in [0.15, 0.2) is 17.3 Å². The van der Waals surface area contributed by atoms with Crippen LogP contribution < -0.4 is 11.2 Å². The summed E-state index contributed by atoms with van der Waals surface area (Å²) >= 11 is 0. The summed E-state index contributed by atoms with van der Waals surface area (Å²) in [5, 5.41) is 11.2. The Hall–Kier alpha value is -2.16. The van der Waals surface area contributed by atoms with E-state index in [9.17, 15) is 9.59 Å². The number of hydrogen-bond acceptors (Lipinski definition) is 4. The normalized spacial score (nSPS) is 9.92. The third-order valence-corrected chi connectivity index (χ3v) is 0.689. The second-order valence-corrected chi connectivity index (χ2v) is 1.60. The predicted molar refractivity (Wildman–Crippen MR) is 41.0 cm³/mol. The molecule has 0 fully saturated rings. The zero-order valence-electron chi connectivity index (χ0n) is 6.02. The van der Waals surface area contributed by atoms with Crippen LogP contribution in [0.5, 0.6) is 0 Å². The largest absolute Gasteiger partial charge is 0.350 e. The Labute approximate surface area is 68.3 Å². The molecule has 0 bridgehead atoms. The smallest absolute Gasteiger partial charge is 0.332 e. The van der Waals surface area contributed by atoms with Crippen molar-refractivity contribution in [2.75, 3.05) is 0 Å². The number of carbonyl (C=O) groups is 2. The van der Waals surface area contributed by atoms with Gasteiger partial charge >= 0.3 is 6.03 Å². The topological polar surface area (TPSA) is 108 Å². The third kappa shape index (κ3) is 5.97. The minimum absolute atomic E-state index is 0.509. The Bertz CT molecular complexity index is 274. The maximum Gasteiger partial charge on any atom is 0.332 e. The minimum Gasteiger partial charge on any atom is -0.350 e. The molecular formula is C6H6N4O2. The van der Waals surface area contributed by atoms with Gasteiger partial charge in [0.1, 0.15) is 0 Å². The Balaban J connectivity index is 3.86. The number of primary amides is 1. The summed E-state index contributed by atoms with van der Waals surface area (Å²) in [5.74, 6) is -0.509. The lowest BCUT2D eigenvalue weighted by Crippen LogP contribution is -2.24. The lowest BCUT2D eigenvalue weighted by Gasteiger charge is -1.87. The Morgan fingerprint density at radius 3 is 2.75 bits per heavy atom. The fraction of sp³-hybridized carbons (Fsp3) is 0. The van der Waals surface area contributed by atoms with E-state index in [1.807, 2.05) is 5.43 Å². The summed E-state index contributed by atoms with van der Waals surface area (Å²) in [5.41, 5.74) is 6.46. The molecule has 0 spiro atoms. The number of hydrazone groups is 1. The van der Waals surface area contributed by atoms with E-state index in [4.69, 9.17) is 5.26 Å².